The largest absolute Gasteiger partial charge is 0.303 e. The Kier molecular flexibility index (Phi) is 5.44. The molecule has 2 heteroatoms. The minimum absolute atomic E-state index is 0.448. The van der Waals surface area contributed by atoms with Crippen LogP contribution in [0, 0.1) is 5.41 Å². The van der Waals surface area contributed by atoms with E-state index in [-0.39, 0.29) is 0 Å². The van der Waals surface area contributed by atoms with Crippen LogP contribution in [0.1, 0.15) is 20.8 Å². The summed E-state index contributed by atoms with van der Waals surface area (Å²) in [6.07, 6.45) is 7.25. The van der Waals surface area contributed by atoms with Crippen molar-refractivity contribution in [1.82, 2.24) is 0 Å². The summed E-state index contributed by atoms with van der Waals surface area (Å²) in [5.74, 6) is 0. The third-order valence-corrected chi connectivity index (χ3v) is 1.41. The first-order chi connectivity index (χ1) is 6.11. The number of hydrogen-bond donors (Lipinski definition) is 1. The first kappa shape index (κ1) is 11.6. The van der Waals surface area contributed by atoms with Crippen molar-refractivity contribution in [3.8, 4) is 0 Å². The summed E-state index contributed by atoms with van der Waals surface area (Å²) in [6, 6.07) is 0. The van der Waals surface area contributed by atoms with E-state index in [0.29, 0.717) is 11.4 Å². The summed E-state index contributed by atoms with van der Waals surface area (Å²) < 4.78 is 0. The van der Waals surface area contributed by atoms with Crippen LogP contribution in [-0.2, 0) is 0 Å². The standard InChI is InChI=1S/C11H16N2/c1-5-7-9(3)8-11(10(4)12)13-6-2/h5-8,12H,2H2,1,3-4H3/b7-5-,9-8-,12-10?,13-11-. The minimum atomic E-state index is 0.448. The van der Waals surface area contributed by atoms with Gasteiger partial charge in [-0.2, -0.15) is 0 Å². The van der Waals surface area contributed by atoms with Gasteiger partial charge in [0.1, 0.15) is 0 Å². The molecule has 13 heavy (non-hydrogen) atoms. The zero-order chi connectivity index (χ0) is 10.3. The van der Waals surface area contributed by atoms with Gasteiger partial charge in [0.2, 0.25) is 0 Å². The molecule has 1 N–H and O–H groups in total. The Balaban J connectivity index is 4.80. The molecule has 0 aliphatic carbocycles. The molecule has 0 saturated heterocycles. The Morgan fingerprint density at radius 1 is 1.38 bits per heavy atom. The number of aliphatic imine (C=N–C) groups is 1. The first-order valence-electron chi connectivity index (χ1n) is 4.17. The van der Waals surface area contributed by atoms with Crippen LogP contribution in [0.5, 0.6) is 0 Å². The summed E-state index contributed by atoms with van der Waals surface area (Å²) in [6.45, 7) is 9.15. The third kappa shape index (κ3) is 4.90. The number of nitrogens with zero attached hydrogens (tertiary/aromatic N) is 1. The molecule has 0 aliphatic rings. The van der Waals surface area contributed by atoms with Gasteiger partial charge in [0.15, 0.2) is 0 Å². The van der Waals surface area contributed by atoms with Crippen LogP contribution in [0.3, 0.4) is 0 Å². The lowest BCUT2D eigenvalue weighted by molar-refractivity contribution is 1.47. The maximum absolute atomic E-state index is 7.43. The van der Waals surface area contributed by atoms with Gasteiger partial charge in [-0.3, -0.25) is 4.99 Å². The zero-order valence-corrected chi connectivity index (χ0v) is 8.46. The highest BCUT2D eigenvalue weighted by Crippen LogP contribution is 1.97. The second-order valence-electron chi connectivity index (χ2n) is 2.71. The van der Waals surface area contributed by atoms with Gasteiger partial charge >= 0.3 is 0 Å². The van der Waals surface area contributed by atoms with Crippen LogP contribution >= 0.6 is 0 Å². The van der Waals surface area contributed by atoms with Crippen molar-refractivity contribution in [3.63, 3.8) is 0 Å². The Morgan fingerprint density at radius 3 is 2.38 bits per heavy atom. The second kappa shape index (κ2) is 6.12. The van der Waals surface area contributed by atoms with E-state index in [4.69, 9.17) is 5.41 Å². The number of hydrogen-bond acceptors (Lipinski definition) is 2. The fraction of sp³-hybridized carbons (Fsp3) is 0.273. The molecular weight excluding hydrogens is 160 g/mol. The molecule has 0 saturated carbocycles. The normalized spacial score (nSPS) is 13.5. The number of allylic oxidation sites excluding steroid dienone is 4. The monoisotopic (exact) mass is 176 g/mol. The van der Waals surface area contributed by atoms with Crippen molar-refractivity contribution < 1.29 is 0 Å². The molecule has 0 heterocycles. The average molecular weight is 176 g/mol. The zero-order valence-electron chi connectivity index (χ0n) is 8.46. The minimum Gasteiger partial charge on any atom is -0.303 e. The second-order valence-corrected chi connectivity index (χ2v) is 2.71. The summed E-state index contributed by atoms with van der Waals surface area (Å²) >= 11 is 0. The van der Waals surface area contributed by atoms with Crippen molar-refractivity contribution in [1.29, 1.82) is 5.41 Å². The topological polar surface area (TPSA) is 36.2 Å². The van der Waals surface area contributed by atoms with E-state index >= 15 is 0 Å². The van der Waals surface area contributed by atoms with E-state index in [1.165, 1.54) is 6.20 Å². The average Bonchev–Trinajstić information content (AvgIpc) is 2.04. The SMILES string of the molecule is C=C/N=C(/C=C(C)\C=C/C)C(C)=N. The van der Waals surface area contributed by atoms with Gasteiger partial charge in [0, 0.05) is 6.20 Å². The van der Waals surface area contributed by atoms with Gasteiger partial charge in [-0.25, -0.2) is 0 Å². The highest BCUT2D eigenvalue weighted by atomic mass is 14.7. The summed E-state index contributed by atoms with van der Waals surface area (Å²) in [4.78, 5) is 3.99. The lowest BCUT2D eigenvalue weighted by Crippen LogP contribution is -2.05. The molecule has 0 bridgehead atoms. The van der Waals surface area contributed by atoms with Crippen LogP contribution < -0.4 is 0 Å². The van der Waals surface area contributed by atoms with Crippen LogP contribution in [0.4, 0.5) is 0 Å². The van der Waals surface area contributed by atoms with Gasteiger partial charge in [-0.1, -0.05) is 18.7 Å². The highest BCUT2D eigenvalue weighted by Gasteiger charge is 1.96. The van der Waals surface area contributed by atoms with Crippen molar-refractivity contribution in [2.24, 2.45) is 4.99 Å². The van der Waals surface area contributed by atoms with E-state index < -0.39 is 0 Å². The number of nitrogens with one attached hydrogen (secondary N) is 1. The van der Waals surface area contributed by atoms with Crippen molar-refractivity contribution in [3.05, 3.63) is 36.6 Å². The Labute approximate surface area is 79.9 Å². The van der Waals surface area contributed by atoms with E-state index in [1.807, 2.05) is 32.1 Å². The maximum Gasteiger partial charge on any atom is 0.0836 e. The van der Waals surface area contributed by atoms with Crippen LogP contribution in [0.2, 0.25) is 0 Å². The molecule has 2 nitrogen and oxygen atoms in total. The van der Waals surface area contributed by atoms with Gasteiger partial charge in [0.05, 0.1) is 11.4 Å². The molecular formula is C11H16N2. The molecule has 0 spiro atoms. The van der Waals surface area contributed by atoms with Gasteiger partial charge in [0.25, 0.3) is 0 Å². The fourth-order valence-electron chi connectivity index (χ4n) is 0.867. The van der Waals surface area contributed by atoms with Crippen LogP contribution in [0.25, 0.3) is 0 Å². The summed E-state index contributed by atoms with van der Waals surface area (Å²) in [5.41, 5.74) is 2.18. The van der Waals surface area contributed by atoms with Crippen LogP contribution in [-0.4, -0.2) is 11.4 Å². The van der Waals surface area contributed by atoms with Crippen LogP contribution in [0.15, 0.2) is 41.6 Å². The van der Waals surface area contributed by atoms with E-state index in [2.05, 4.69) is 11.6 Å². The molecule has 0 atom stereocenters. The molecule has 0 radical (unpaired) electrons. The molecule has 0 aromatic carbocycles. The Hall–Kier alpha value is -1.44. The fourth-order valence-corrected chi connectivity index (χ4v) is 0.867. The third-order valence-electron chi connectivity index (χ3n) is 1.41. The quantitative estimate of drug-likeness (QED) is 0.504. The molecule has 0 aromatic heterocycles. The van der Waals surface area contributed by atoms with E-state index in [1.54, 1.807) is 6.92 Å². The maximum atomic E-state index is 7.43. The predicted molar refractivity (Wildman–Crippen MR) is 59.6 cm³/mol. The molecule has 0 amide bonds. The van der Waals surface area contributed by atoms with Gasteiger partial charge in [-0.05, 0) is 32.4 Å². The molecule has 0 unspecified atom stereocenters. The lowest BCUT2D eigenvalue weighted by Gasteiger charge is -1.97. The summed E-state index contributed by atoms with van der Waals surface area (Å²) in [5, 5.41) is 7.43. The summed E-state index contributed by atoms with van der Waals surface area (Å²) in [7, 11) is 0. The predicted octanol–water partition coefficient (Wildman–Crippen LogP) is 3.13. The Bertz CT molecular complexity index is 280. The molecule has 70 valence electrons. The van der Waals surface area contributed by atoms with E-state index in [9.17, 15) is 0 Å². The highest BCUT2D eigenvalue weighted by molar-refractivity contribution is 6.44. The first-order valence-corrected chi connectivity index (χ1v) is 4.17. The van der Waals surface area contributed by atoms with Crippen molar-refractivity contribution in [2.45, 2.75) is 20.8 Å². The van der Waals surface area contributed by atoms with Gasteiger partial charge < -0.3 is 5.41 Å². The van der Waals surface area contributed by atoms with E-state index in [0.717, 1.165) is 5.57 Å². The lowest BCUT2D eigenvalue weighted by atomic mass is 10.1. The van der Waals surface area contributed by atoms with Crippen molar-refractivity contribution >= 4 is 11.4 Å². The Morgan fingerprint density at radius 2 is 2.00 bits per heavy atom. The molecule has 0 aliphatic heterocycles. The molecule has 0 rings (SSSR count). The molecule has 0 fully saturated rings. The number of rotatable bonds is 4. The van der Waals surface area contributed by atoms with Crippen molar-refractivity contribution in [2.75, 3.05) is 0 Å². The smallest absolute Gasteiger partial charge is 0.0836 e. The molecule has 0 aromatic rings. The van der Waals surface area contributed by atoms with Gasteiger partial charge in [-0.15, -0.1) is 0 Å².